The number of rotatable bonds is 8. The van der Waals surface area contributed by atoms with E-state index in [2.05, 4.69) is 4.90 Å². The molecule has 8 nitrogen and oxygen atoms in total. The summed E-state index contributed by atoms with van der Waals surface area (Å²) in [5, 5.41) is 0. The number of carbonyl (C=O) groups excluding carboxylic acids is 1. The summed E-state index contributed by atoms with van der Waals surface area (Å²) in [6.07, 6.45) is 1.12. The smallest absolute Gasteiger partial charge is 0.246 e. The third kappa shape index (κ3) is 5.73. The van der Waals surface area contributed by atoms with Gasteiger partial charge in [-0.1, -0.05) is 30.3 Å². The van der Waals surface area contributed by atoms with Crippen LogP contribution < -0.4 is 18.7 Å². The summed E-state index contributed by atoms with van der Waals surface area (Å²) in [5.41, 5.74) is 1.39. The maximum absolute atomic E-state index is 13.4. The number of ether oxygens (including phenoxy) is 2. The van der Waals surface area contributed by atoms with E-state index < -0.39 is 16.1 Å². The first-order valence-electron chi connectivity index (χ1n) is 11.8. The second-order valence-corrected chi connectivity index (χ2v) is 10.5. The number of sulfonamides is 1. The maximum atomic E-state index is 13.4. The number of hydrogen-bond donors (Lipinski definition) is 0. The van der Waals surface area contributed by atoms with Crippen molar-refractivity contribution in [3.05, 3.63) is 78.9 Å². The SMILES string of the molecule is COc1ccccc1N1CCN(C(=O)[C@H](C)N(c2ccc(Oc3ccccc3)cc2)S(C)(=O)=O)CC1. The van der Waals surface area contributed by atoms with Crippen LogP contribution in [0.5, 0.6) is 17.2 Å². The maximum Gasteiger partial charge on any atom is 0.246 e. The zero-order chi connectivity index (χ0) is 25.7. The number of amides is 1. The molecule has 1 atom stereocenters. The lowest BCUT2D eigenvalue weighted by Crippen LogP contribution is -2.55. The van der Waals surface area contributed by atoms with Crippen molar-refractivity contribution >= 4 is 27.3 Å². The van der Waals surface area contributed by atoms with Crippen LogP contribution >= 0.6 is 0 Å². The average molecular weight is 510 g/mol. The summed E-state index contributed by atoms with van der Waals surface area (Å²) in [7, 11) is -2.08. The highest BCUT2D eigenvalue weighted by molar-refractivity contribution is 7.92. The number of nitrogens with zero attached hydrogens (tertiary/aromatic N) is 3. The van der Waals surface area contributed by atoms with Gasteiger partial charge in [-0.2, -0.15) is 0 Å². The van der Waals surface area contributed by atoms with Crippen LogP contribution in [0.3, 0.4) is 0 Å². The number of piperazine rings is 1. The van der Waals surface area contributed by atoms with Gasteiger partial charge in [-0.05, 0) is 55.5 Å². The molecule has 0 spiro atoms. The Morgan fingerprint density at radius 3 is 2.06 bits per heavy atom. The Hall–Kier alpha value is -3.72. The molecular formula is C27H31N3O5S. The lowest BCUT2D eigenvalue weighted by Gasteiger charge is -2.39. The molecule has 0 aromatic heterocycles. The second kappa shape index (κ2) is 10.9. The van der Waals surface area contributed by atoms with Crippen molar-refractivity contribution in [2.75, 3.05) is 48.7 Å². The van der Waals surface area contributed by atoms with Gasteiger partial charge in [0, 0.05) is 26.2 Å². The molecule has 0 bridgehead atoms. The summed E-state index contributed by atoms with van der Waals surface area (Å²) in [4.78, 5) is 17.3. The van der Waals surface area contributed by atoms with Crippen LogP contribution in [0, 0.1) is 0 Å². The van der Waals surface area contributed by atoms with Crippen molar-refractivity contribution in [3.8, 4) is 17.2 Å². The molecule has 1 aliphatic rings. The molecule has 0 saturated carbocycles. The van der Waals surface area contributed by atoms with Crippen LogP contribution in [0.2, 0.25) is 0 Å². The molecule has 1 amide bonds. The fraction of sp³-hybridized carbons (Fsp3) is 0.296. The molecule has 1 saturated heterocycles. The number of anilines is 2. The van der Waals surface area contributed by atoms with Gasteiger partial charge in [0.1, 0.15) is 23.3 Å². The first-order chi connectivity index (χ1) is 17.3. The lowest BCUT2D eigenvalue weighted by atomic mass is 10.2. The molecule has 4 rings (SSSR count). The number of para-hydroxylation sites is 3. The Labute approximate surface area is 212 Å². The van der Waals surface area contributed by atoms with Crippen LogP contribution in [-0.2, 0) is 14.8 Å². The molecule has 1 aliphatic heterocycles. The van der Waals surface area contributed by atoms with Crippen molar-refractivity contribution < 1.29 is 22.7 Å². The Morgan fingerprint density at radius 2 is 1.44 bits per heavy atom. The van der Waals surface area contributed by atoms with Gasteiger partial charge in [-0.15, -0.1) is 0 Å². The summed E-state index contributed by atoms with van der Waals surface area (Å²) in [6.45, 7) is 3.86. The van der Waals surface area contributed by atoms with Gasteiger partial charge < -0.3 is 19.3 Å². The Kier molecular flexibility index (Phi) is 7.69. The predicted molar refractivity (Wildman–Crippen MR) is 142 cm³/mol. The van der Waals surface area contributed by atoms with Gasteiger partial charge in [0.05, 0.1) is 24.7 Å². The molecule has 3 aromatic rings. The first kappa shape index (κ1) is 25.4. The summed E-state index contributed by atoms with van der Waals surface area (Å²) in [5.74, 6) is 1.81. The zero-order valence-electron chi connectivity index (χ0n) is 20.7. The van der Waals surface area contributed by atoms with Gasteiger partial charge in [0.2, 0.25) is 15.9 Å². The minimum Gasteiger partial charge on any atom is -0.495 e. The van der Waals surface area contributed by atoms with E-state index in [1.54, 1.807) is 43.2 Å². The van der Waals surface area contributed by atoms with Gasteiger partial charge in [-0.25, -0.2) is 8.42 Å². The summed E-state index contributed by atoms with van der Waals surface area (Å²) < 4.78 is 37.9. The summed E-state index contributed by atoms with van der Waals surface area (Å²) >= 11 is 0. The first-order valence-corrected chi connectivity index (χ1v) is 13.6. The van der Waals surface area contributed by atoms with Crippen LogP contribution in [0.4, 0.5) is 11.4 Å². The number of carbonyl (C=O) groups is 1. The van der Waals surface area contributed by atoms with Crippen LogP contribution in [0.25, 0.3) is 0 Å². The normalized spacial score (nSPS) is 14.8. The zero-order valence-corrected chi connectivity index (χ0v) is 21.5. The molecule has 0 radical (unpaired) electrons. The monoisotopic (exact) mass is 509 g/mol. The molecule has 1 heterocycles. The van der Waals surface area contributed by atoms with Gasteiger partial charge in [0.25, 0.3) is 0 Å². The molecule has 36 heavy (non-hydrogen) atoms. The molecule has 0 aliphatic carbocycles. The van der Waals surface area contributed by atoms with Crippen molar-refractivity contribution in [2.45, 2.75) is 13.0 Å². The van der Waals surface area contributed by atoms with Gasteiger partial charge >= 0.3 is 0 Å². The molecule has 9 heteroatoms. The Bertz CT molecular complexity index is 1270. The molecular weight excluding hydrogens is 478 g/mol. The van der Waals surface area contributed by atoms with Crippen LogP contribution in [0.15, 0.2) is 78.9 Å². The Balaban J connectivity index is 1.45. The second-order valence-electron chi connectivity index (χ2n) is 8.63. The molecule has 0 N–H and O–H groups in total. The number of benzene rings is 3. The molecule has 190 valence electrons. The van der Waals surface area contributed by atoms with E-state index in [4.69, 9.17) is 9.47 Å². The Morgan fingerprint density at radius 1 is 0.861 bits per heavy atom. The van der Waals surface area contributed by atoms with Crippen molar-refractivity contribution in [1.29, 1.82) is 0 Å². The van der Waals surface area contributed by atoms with Gasteiger partial charge in [-0.3, -0.25) is 9.10 Å². The highest BCUT2D eigenvalue weighted by atomic mass is 32.2. The number of methoxy groups -OCH3 is 1. The van der Waals surface area contributed by atoms with Crippen molar-refractivity contribution in [1.82, 2.24) is 4.90 Å². The van der Waals surface area contributed by atoms with Crippen LogP contribution in [-0.4, -0.2) is 64.8 Å². The standard InChI is InChI=1S/C27H31N3O5S/c1-21(27(31)29-19-17-28(18-20-29)25-11-7-8-12-26(25)34-2)30(36(3,32)33)22-13-15-24(16-14-22)35-23-9-5-4-6-10-23/h4-16,21H,17-20H2,1-3H3/t21-/m0/s1. The molecule has 0 unspecified atom stereocenters. The quantitative estimate of drug-likeness (QED) is 0.457. The number of hydrogen-bond acceptors (Lipinski definition) is 6. The van der Waals surface area contributed by atoms with E-state index >= 15 is 0 Å². The predicted octanol–water partition coefficient (Wildman–Crippen LogP) is 3.99. The minimum absolute atomic E-state index is 0.232. The van der Waals surface area contributed by atoms with Crippen LogP contribution in [0.1, 0.15) is 6.92 Å². The third-order valence-electron chi connectivity index (χ3n) is 6.15. The van der Waals surface area contributed by atoms with E-state index in [-0.39, 0.29) is 5.91 Å². The van der Waals surface area contributed by atoms with Crippen molar-refractivity contribution in [3.63, 3.8) is 0 Å². The highest BCUT2D eigenvalue weighted by Gasteiger charge is 2.33. The topological polar surface area (TPSA) is 79.4 Å². The van der Waals surface area contributed by atoms with E-state index in [0.717, 1.165) is 17.7 Å². The fourth-order valence-corrected chi connectivity index (χ4v) is 5.58. The average Bonchev–Trinajstić information content (AvgIpc) is 2.89. The van der Waals surface area contributed by atoms with E-state index in [1.807, 2.05) is 54.6 Å². The van der Waals surface area contributed by atoms with E-state index in [9.17, 15) is 13.2 Å². The fourth-order valence-electron chi connectivity index (χ4n) is 4.41. The van der Waals surface area contributed by atoms with Crippen molar-refractivity contribution in [2.24, 2.45) is 0 Å². The molecule has 3 aromatic carbocycles. The largest absolute Gasteiger partial charge is 0.495 e. The highest BCUT2D eigenvalue weighted by Crippen LogP contribution is 2.30. The van der Waals surface area contributed by atoms with E-state index in [0.29, 0.717) is 43.4 Å². The van der Waals surface area contributed by atoms with E-state index in [1.165, 1.54) is 4.31 Å². The molecule has 1 fully saturated rings. The lowest BCUT2D eigenvalue weighted by molar-refractivity contribution is -0.132. The summed E-state index contributed by atoms with van der Waals surface area (Å²) in [6, 6.07) is 22.9. The van der Waals surface area contributed by atoms with Gasteiger partial charge in [0.15, 0.2) is 0 Å². The third-order valence-corrected chi connectivity index (χ3v) is 7.40. The minimum atomic E-state index is -3.72.